The summed E-state index contributed by atoms with van der Waals surface area (Å²) < 4.78 is 31.7. The van der Waals surface area contributed by atoms with E-state index in [-0.39, 0.29) is 10.9 Å². The number of hydrogen-bond donors (Lipinski definition) is 0. The standard InChI is InChI=1S/C17H17BrF2O/c1-11(2)21-14-6-4-13(5-7-14)15(18)9-12-3-8-16(19)17(20)10-12/h3-8,10-11,15H,9H2,1-2H3. The Balaban J connectivity index is 2.05. The van der Waals surface area contributed by atoms with E-state index in [2.05, 4.69) is 15.9 Å². The van der Waals surface area contributed by atoms with Crippen LogP contribution in [-0.4, -0.2) is 6.10 Å². The molecule has 0 aromatic heterocycles. The molecule has 0 aliphatic carbocycles. The van der Waals surface area contributed by atoms with E-state index in [1.54, 1.807) is 6.07 Å². The first-order chi connectivity index (χ1) is 9.95. The zero-order valence-electron chi connectivity index (χ0n) is 11.9. The number of alkyl halides is 1. The van der Waals surface area contributed by atoms with E-state index in [1.807, 2.05) is 38.1 Å². The molecule has 2 aromatic carbocycles. The van der Waals surface area contributed by atoms with Crippen LogP contribution in [0.25, 0.3) is 0 Å². The summed E-state index contributed by atoms with van der Waals surface area (Å²) in [5.74, 6) is -0.811. The van der Waals surface area contributed by atoms with E-state index in [4.69, 9.17) is 4.74 Å². The second-order valence-electron chi connectivity index (χ2n) is 5.16. The predicted octanol–water partition coefficient (Wildman–Crippen LogP) is 5.43. The van der Waals surface area contributed by atoms with E-state index in [9.17, 15) is 8.78 Å². The van der Waals surface area contributed by atoms with Gasteiger partial charge in [-0.05, 0) is 55.7 Å². The van der Waals surface area contributed by atoms with Crippen LogP contribution in [0.15, 0.2) is 42.5 Å². The summed E-state index contributed by atoms with van der Waals surface area (Å²) in [5, 5.41) is 0. The van der Waals surface area contributed by atoms with Crippen LogP contribution >= 0.6 is 15.9 Å². The first-order valence-electron chi connectivity index (χ1n) is 6.80. The van der Waals surface area contributed by atoms with E-state index < -0.39 is 11.6 Å². The van der Waals surface area contributed by atoms with Gasteiger partial charge in [0.25, 0.3) is 0 Å². The van der Waals surface area contributed by atoms with Gasteiger partial charge in [-0.15, -0.1) is 0 Å². The van der Waals surface area contributed by atoms with Crippen molar-refractivity contribution in [3.8, 4) is 5.75 Å². The lowest BCUT2D eigenvalue weighted by Gasteiger charge is -2.13. The molecule has 0 amide bonds. The summed E-state index contributed by atoms with van der Waals surface area (Å²) >= 11 is 3.58. The van der Waals surface area contributed by atoms with Crippen LogP contribution in [0.2, 0.25) is 0 Å². The summed E-state index contributed by atoms with van der Waals surface area (Å²) in [4.78, 5) is 0.0375. The zero-order chi connectivity index (χ0) is 15.4. The van der Waals surface area contributed by atoms with Crippen LogP contribution in [-0.2, 0) is 6.42 Å². The third-order valence-corrected chi connectivity index (χ3v) is 3.86. The third-order valence-electron chi connectivity index (χ3n) is 3.01. The zero-order valence-corrected chi connectivity index (χ0v) is 13.5. The molecule has 0 saturated heterocycles. The van der Waals surface area contributed by atoms with E-state index in [0.29, 0.717) is 6.42 Å². The minimum Gasteiger partial charge on any atom is -0.491 e. The van der Waals surface area contributed by atoms with Crippen molar-refractivity contribution in [3.05, 3.63) is 65.2 Å². The lowest BCUT2D eigenvalue weighted by molar-refractivity contribution is 0.242. The summed E-state index contributed by atoms with van der Waals surface area (Å²) in [6.07, 6.45) is 0.722. The maximum atomic E-state index is 13.2. The van der Waals surface area contributed by atoms with Crippen molar-refractivity contribution in [1.82, 2.24) is 0 Å². The SMILES string of the molecule is CC(C)Oc1ccc(C(Br)Cc2ccc(F)c(F)c2)cc1. The third kappa shape index (κ3) is 4.53. The largest absolute Gasteiger partial charge is 0.491 e. The fourth-order valence-corrected chi connectivity index (χ4v) is 2.70. The smallest absolute Gasteiger partial charge is 0.159 e. The quantitative estimate of drug-likeness (QED) is 0.650. The topological polar surface area (TPSA) is 9.23 Å². The fourth-order valence-electron chi connectivity index (χ4n) is 2.02. The second kappa shape index (κ2) is 7.03. The molecule has 1 unspecified atom stereocenters. The molecule has 0 radical (unpaired) electrons. The number of hydrogen-bond acceptors (Lipinski definition) is 1. The summed E-state index contributed by atoms with van der Waals surface area (Å²) in [5.41, 5.74) is 1.81. The van der Waals surface area contributed by atoms with Crippen LogP contribution in [0, 0.1) is 11.6 Å². The first kappa shape index (κ1) is 16.0. The van der Waals surface area contributed by atoms with Gasteiger partial charge in [-0.1, -0.05) is 34.1 Å². The molecule has 21 heavy (non-hydrogen) atoms. The highest BCUT2D eigenvalue weighted by Crippen LogP contribution is 2.29. The molecule has 0 aliphatic heterocycles. The Morgan fingerprint density at radius 3 is 2.24 bits per heavy atom. The number of benzene rings is 2. The normalized spacial score (nSPS) is 12.5. The molecule has 1 nitrogen and oxygen atoms in total. The van der Waals surface area contributed by atoms with Gasteiger partial charge in [-0.25, -0.2) is 8.78 Å². The molecule has 112 valence electrons. The van der Waals surface area contributed by atoms with Crippen molar-refractivity contribution < 1.29 is 13.5 Å². The number of ether oxygens (including phenoxy) is 1. The molecule has 0 saturated carbocycles. The highest BCUT2D eigenvalue weighted by atomic mass is 79.9. The molecule has 2 rings (SSSR count). The second-order valence-corrected chi connectivity index (χ2v) is 6.26. The van der Waals surface area contributed by atoms with Gasteiger partial charge in [0.05, 0.1) is 6.10 Å². The fraction of sp³-hybridized carbons (Fsp3) is 0.294. The molecule has 4 heteroatoms. The van der Waals surface area contributed by atoms with Crippen molar-refractivity contribution in [2.75, 3.05) is 0 Å². The number of rotatable bonds is 5. The Morgan fingerprint density at radius 2 is 1.67 bits per heavy atom. The van der Waals surface area contributed by atoms with Crippen molar-refractivity contribution in [1.29, 1.82) is 0 Å². The summed E-state index contributed by atoms with van der Waals surface area (Å²) in [6, 6.07) is 11.8. The minimum absolute atomic E-state index is 0.0375. The molecular formula is C17H17BrF2O. The average molecular weight is 355 g/mol. The highest BCUT2D eigenvalue weighted by molar-refractivity contribution is 9.09. The Hall–Kier alpha value is -1.42. The van der Waals surface area contributed by atoms with Crippen LogP contribution in [0.5, 0.6) is 5.75 Å². The van der Waals surface area contributed by atoms with Gasteiger partial charge in [-0.3, -0.25) is 0 Å². The van der Waals surface area contributed by atoms with Crippen molar-refractivity contribution in [3.63, 3.8) is 0 Å². The minimum atomic E-state index is -0.819. The molecule has 0 aliphatic rings. The lowest BCUT2D eigenvalue weighted by Crippen LogP contribution is -2.05. The van der Waals surface area contributed by atoms with Crippen LogP contribution in [0.3, 0.4) is 0 Å². The van der Waals surface area contributed by atoms with E-state index >= 15 is 0 Å². The van der Waals surface area contributed by atoms with E-state index in [1.165, 1.54) is 6.07 Å². The Labute approximate surface area is 132 Å². The average Bonchev–Trinajstić information content (AvgIpc) is 2.43. The Kier molecular flexibility index (Phi) is 5.34. The van der Waals surface area contributed by atoms with Gasteiger partial charge in [0.1, 0.15) is 5.75 Å². The van der Waals surface area contributed by atoms with Crippen molar-refractivity contribution in [2.24, 2.45) is 0 Å². The molecular weight excluding hydrogens is 338 g/mol. The molecule has 0 bridgehead atoms. The molecule has 2 aromatic rings. The molecule has 0 spiro atoms. The maximum Gasteiger partial charge on any atom is 0.159 e. The first-order valence-corrected chi connectivity index (χ1v) is 7.72. The van der Waals surface area contributed by atoms with E-state index in [0.717, 1.165) is 22.9 Å². The van der Waals surface area contributed by atoms with Gasteiger partial charge in [0.15, 0.2) is 11.6 Å². The Bertz CT molecular complexity index is 596. The van der Waals surface area contributed by atoms with Gasteiger partial charge in [0.2, 0.25) is 0 Å². The van der Waals surface area contributed by atoms with Gasteiger partial charge < -0.3 is 4.74 Å². The Morgan fingerprint density at radius 1 is 1.00 bits per heavy atom. The van der Waals surface area contributed by atoms with Crippen LogP contribution in [0.1, 0.15) is 29.8 Å². The number of halogens is 3. The molecule has 1 atom stereocenters. The maximum absolute atomic E-state index is 13.2. The lowest BCUT2D eigenvalue weighted by atomic mass is 10.0. The van der Waals surface area contributed by atoms with Crippen LogP contribution < -0.4 is 4.74 Å². The molecule has 0 N–H and O–H groups in total. The monoisotopic (exact) mass is 354 g/mol. The van der Waals surface area contributed by atoms with Crippen LogP contribution in [0.4, 0.5) is 8.78 Å². The summed E-state index contributed by atoms with van der Waals surface area (Å²) in [6.45, 7) is 3.95. The van der Waals surface area contributed by atoms with Crippen molar-refractivity contribution in [2.45, 2.75) is 31.2 Å². The van der Waals surface area contributed by atoms with Gasteiger partial charge in [0, 0.05) is 4.83 Å². The van der Waals surface area contributed by atoms with Gasteiger partial charge in [-0.2, -0.15) is 0 Å². The predicted molar refractivity (Wildman–Crippen MR) is 83.9 cm³/mol. The summed E-state index contributed by atoms with van der Waals surface area (Å²) in [7, 11) is 0. The van der Waals surface area contributed by atoms with Crippen molar-refractivity contribution >= 4 is 15.9 Å². The van der Waals surface area contributed by atoms with Gasteiger partial charge >= 0.3 is 0 Å². The molecule has 0 heterocycles. The highest BCUT2D eigenvalue weighted by Gasteiger charge is 2.11. The molecule has 0 fully saturated rings.